The Kier molecular flexibility index (Phi) is 5.90. The van der Waals surface area contributed by atoms with Crippen molar-refractivity contribution >= 4 is 5.91 Å². The lowest BCUT2D eigenvalue weighted by molar-refractivity contribution is 0.0199. The smallest absolute Gasteiger partial charge is 0.283 e. The lowest BCUT2D eigenvalue weighted by Crippen LogP contribution is -2.54. The van der Waals surface area contributed by atoms with Gasteiger partial charge in [-0.1, -0.05) is 24.3 Å². The van der Waals surface area contributed by atoms with Crippen LogP contribution in [0, 0.1) is 5.95 Å². The Balaban J connectivity index is 2.20. The molecular formula is C19H19F6N3O. The van der Waals surface area contributed by atoms with Crippen molar-refractivity contribution in [3.63, 3.8) is 0 Å². The van der Waals surface area contributed by atoms with Gasteiger partial charge in [-0.2, -0.15) is 9.49 Å². The van der Waals surface area contributed by atoms with Crippen LogP contribution in [0.5, 0.6) is 0 Å². The van der Waals surface area contributed by atoms with Gasteiger partial charge in [-0.25, -0.2) is 26.6 Å². The maximum absolute atomic E-state index is 14.5. The van der Waals surface area contributed by atoms with E-state index in [0.29, 0.717) is 17.5 Å². The summed E-state index contributed by atoms with van der Waals surface area (Å²) in [4.78, 5) is 14.0. The van der Waals surface area contributed by atoms with Crippen LogP contribution in [-0.4, -0.2) is 40.0 Å². The van der Waals surface area contributed by atoms with Crippen LogP contribution in [0.25, 0.3) is 0 Å². The fourth-order valence-electron chi connectivity index (χ4n) is 3.57. The van der Waals surface area contributed by atoms with Gasteiger partial charge in [0, 0.05) is 13.1 Å². The minimum atomic E-state index is -3.27. The monoisotopic (exact) mass is 419 g/mol. The lowest BCUT2D eigenvalue weighted by atomic mass is 9.86. The first kappa shape index (κ1) is 21.2. The number of amides is 1. The Hall–Kier alpha value is -2.52. The number of alkyl halides is 5. The molecule has 1 amide bonds. The van der Waals surface area contributed by atoms with E-state index in [0.717, 1.165) is 11.9 Å². The fourth-order valence-corrected chi connectivity index (χ4v) is 3.57. The molecule has 0 spiro atoms. The molecule has 1 aliphatic rings. The van der Waals surface area contributed by atoms with Gasteiger partial charge in [0.25, 0.3) is 12.3 Å². The molecule has 1 aromatic heterocycles. The highest BCUT2D eigenvalue weighted by molar-refractivity contribution is 5.96. The van der Waals surface area contributed by atoms with Crippen molar-refractivity contribution in [2.75, 3.05) is 13.3 Å². The van der Waals surface area contributed by atoms with Crippen LogP contribution < -0.4 is 0 Å². The van der Waals surface area contributed by atoms with Gasteiger partial charge in [0.1, 0.15) is 36.8 Å². The van der Waals surface area contributed by atoms with E-state index in [2.05, 4.69) is 5.10 Å². The molecule has 1 fully saturated rings. The zero-order valence-corrected chi connectivity index (χ0v) is 15.5. The van der Waals surface area contributed by atoms with Crippen molar-refractivity contribution in [3.8, 4) is 0 Å². The molecule has 1 aromatic carbocycles. The third kappa shape index (κ3) is 3.49. The summed E-state index contributed by atoms with van der Waals surface area (Å²) >= 11 is 0. The van der Waals surface area contributed by atoms with Crippen molar-refractivity contribution in [2.45, 2.75) is 37.5 Å². The zero-order valence-electron chi connectivity index (χ0n) is 15.5. The molecule has 1 heterocycles. The predicted molar refractivity (Wildman–Crippen MR) is 92.2 cm³/mol. The maximum Gasteiger partial charge on any atom is 0.283 e. The molecule has 0 bridgehead atoms. The second-order valence-electron chi connectivity index (χ2n) is 6.97. The molecule has 0 aliphatic heterocycles. The molecule has 4 nitrogen and oxygen atoms in total. The summed E-state index contributed by atoms with van der Waals surface area (Å²) < 4.78 is 83.9. The van der Waals surface area contributed by atoms with Gasteiger partial charge in [0.15, 0.2) is 0 Å². The van der Waals surface area contributed by atoms with Crippen LogP contribution in [-0.2, 0) is 19.3 Å². The Morgan fingerprint density at radius 2 is 1.86 bits per heavy atom. The minimum Gasteiger partial charge on any atom is -0.320 e. The molecule has 0 N–H and O–H groups in total. The van der Waals surface area contributed by atoms with Crippen molar-refractivity contribution in [2.24, 2.45) is 7.05 Å². The molecule has 3 rings (SSSR count). The number of carbonyl (C=O) groups is 1. The largest absolute Gasteiger partial charge is 0.320 e. The molecule has 10 heteroatoms. The van der Waals surface area contributed by atoms with Crippen LogP contribution in [0.3, 0.4) is 0 Å². The van der Waals surface area contributed by atoms with E-state index in [9.17, 15) is 31.1 Å². The van der Waals surface area contributed by atoms with E-state index >= 15 is 0 Å². The number of hydrogen-bond acceptors (Lipinski definition) is 2. The Morgan fingerprint density at radius 1 is 1.24 bits per heavy atom. The summed E-state index contributed by atoms with van der Waals surface area (Å²) in [7, 11) is 1.04. The van der Waals surface area contributed by atoms with Crippen LogP contribution >= 0.6 is 0 Å². The van der Waals surface area contributed by atoms with E-state index in [1.165, 1.54) is 24.3 Å². The summed E-state index contributed by atoms with van der Waals surface area (Å²) in [6.45, 7) is -3.92. The van der Waals surface area contributed by atoms with Gasteiger partial charge < -0.3 is 4.90 Å². The highest BCUT2D eigenvalue weighted by Gasteiger charge is 2.51. The first-order valence-electron chi connectivity index (χ1n) is 8.92. The molecular weight excluding hydrogens is 400 g/mol. The molecule has 0 atom stereocenters. The van der Waals surface area contributed by atoms with Gasteiger partial charge in [-0.3, -0.25) is 4.79 Å². The second kappa shape index (κ2) is 8.08. The first-order chi connectivity index (χ1) is 13.8. The van der Waals surface area contributed by atoms with Crippen molar-refractivity contribution in [1.82, 2.24) is 14.7 Å². The van der Waals surface area contributed by atoms with Crippen molar-refractivity contribution < 1.29 is 31.1 Å². The van der Waals surface area contributed by atoms with Crippen LogP contribution in [0.4, 0.5) is 26.3 Å². The van der Waals surface area contributed by atoms with Gasteiger partial charge in [-0.05, 0) is 24.0 Å². The molecule has 0 saturated heterocycles. The van der Waals surface area contributed by atoms with Gasteiger partial charge in [0.2, 0.25) is 5.95 Å². The molecule has 158 valence electrons. The maximum atomic E-state index is 14.5. The minimum absolute atomic E-state index is 0.0398. The van der Waals surface area contributed by atoms with Gasteiger partial charge in [-0.15, -0.1) is 0 Å². The number of rotatable bonds is 8. The SMILES string of the molecule is Cn1nc(C(F)F)c(C(=O)N(C2CC2)C(CF)(CF)c2ccccc2CF)c1F. The fraction of sp³-hybridized carbons (Fsp3) is 0.474. The van der Waals surface area contributed by atoms with E-state index in [1.807, 2.05) is 0 Å². The summed E-state index contributed by atoms with van der Waals surface area (Å²) in [6.07, 6.45) is -2.55. The summed E-state index contributed by atoms with van der Waals surface area (Å²) in [6, 6.07) is 4.81. The standard InChI is InChI=1S/C19H19F6N3O/c1-27-17(25)14(15(26-27)16(23)24)18(29)28(12-6-7-12)19(9-21,10-22)13-5-3-2-4-11(13)8-20/h2-5,12,16H,6-10H2,1H3. The van der Waals surface area contributed by atoms with E-state index in [1.54, 1.807) is 0 Å². The van der Waals surface area contributed by atoms with Gasteiger partial charge in [0.05, 0.1) is 0 Å². The normalized spacial score (nSPS) is 14.5. The Labute approximate surface area is 163 Å². The average Bonchev–Trinajstić information content (AvgIpc) is 3.50. The summed E-state index contributed by atoms with van der Waals surface area (Å²) in [5, 5.41) is 3.33. The van der Waals surface area contributed by atoms with E-state index in [-0.39, 0.29) is 11.1 Å². The topological polar surface area (TPSA) is 38.1 Å². The number of halogens is 6. The average molecular weight is 419 g/mol. The number of aromatic nitrogens is 2. The number of nitrogens with zero attached hydrogens (tertiary/aromatic N) is 3. The second-order valence-corrected chi connectivity index (χ2v) is 6.97. The highest BCUT2D eigenvalue weighted by Crippen LogP contribution is 2.43. The molecule has 1 saturated carbocycles. The van der Waals surface area contributed by atoms with Crippen LogP contribution in [0.2, 0.25) is 0 Å². The third-order valence-corrected chi connectivity index (χ3v) is 5.12. The van der Waals surface area contributed by atoms with E-state index in [4.69, 9.17) is 0 Å². The number of hydrogen-bond donors (Lipinski definition) is 0. The predicted octanol–water partition coefficient (Wildman–Crippen LogP) is 4.41. The molecule has 0 unspecified atom stereocenters. The Bertz CT molecular complexity index is 892. The third-order valence-electron chi connectivity index (χ3n) is 5.12. The quantitative estimate of drug-likeness (QED) is 0.595. The van der Waals surface area contributed by atoms with Gasteiger partial charge >= 0.3 is 0 Å². The molecule has 29 heavy (non-hydrogen) atoms. The molecule has 1 aliphatic carbocycles. The van der Waals surface area contributed by atoms with Crippen molar-refractivity contribution in [1.29, 1.82) is 0 Å². The lowest BCUT2D eigenvalue weighted by Gasteiger charge is -2.42. The van der Waals surface area contributed by atoms with Crippen molar-refractivity contribution in [3.05, 3.63) is 52.6 Å². The molecule has 2 aromatic rings. The number of aryl methyl sites for hydroxylation is 1. The number of benzene rings is 1. The Morgan fingerprint density at radius 3 is 2.38 bits per heavy atom. The first-order valence-corrected chi connectivity index (χ1v) is 8.92. The number of carbonyl (C=O) groups excluding carboxylic acids is 1. The van der Waals surface area contributed by atoms with E-state index < -0.39 is 61.1 Å². The summed E-state index contributed by atoms with van der Waals surface area (Å²) in [5.74, 6) is -2.63. The summed E-state index contributed by atoms with van der Waals surface area (Å²) in [5.41, 5.74) is -4.55. The van der Waals surface area contributed by atoms with Crippen LogP contribution in [0.15, 0.2) is 24.3 Å². The zero-order chi connectivity index (χ0) is 21.3. The highest BCUT2D eigenvalue weighted by atomic mass is 19.3. The molecule has 0 radical (unpaired) electrons. The van der Waals surface area contributed by atoms with Crippen LogP contribution in [0.1, 0.15) is 46.4 Å².